The van der Waals surface area contributed by atoms with E-state index in [0.29, 0.717) is 11.3 Å². The van der Waals surface area contributed by atoms with Crippen molar-refractivity contribution in [3.05, 3.63) is 60.3 Å². The molecule has 0 fully saturated rings. The maximum atomic E-state index is 12.5. The van der Waals surface area contributed by atoms with Gasteiger partial charge in [-0.05, 0) is 36.4 Å². The third-order valence-electron chi connectivity index (χ3n) is 3.23. The molecule has 0 bridgehead atoms. The van der Waals surface area contributed by atoms with Gasteiger partial charge in [-0.15, -0.1) is 0 Å². The van der Waals surface area contributed by atoms with Gasteiger partial charge in [0, 0.05) is 10.9 Å². The highest BCUT2D eigenvalue weighted by molar-refractivity contribution is 6.03. The number of benzene rings is 2. The third kappa shape index (κ3) is 1.91. The van der Waals surface area contributed by atoms with E-state index in [9.17, 15) is 9.90 Å². The summed E-state index contributed by atoms with van der Waals surface area (Å²) in [4.78, 5) is 12.5. The quantitative estimate of drug-likeness (QED) is 0.776. The van der Waals surface area contributed by atoms with E-state index in [1.54, 1.807) is 30.0 Å². The second-order valence-electron chi connectivity index (χ2n) is 4.44. The molecule has 0 spiro atoms. The summed E-state index contributed by atoms with van der Waals surface area (Å²) in [6, 6.07) is 13.7. The molecule has 3 aromatic rings. The third-order valence-corrected chi connectivity index (χ3v) is 3.23. The first-order valence-corrected chi connectivity index (χ1v) is 6.18. The van der Waals surface area contributed by atoms with Crippen molar-refractivity contribution in [2.45, 2.75) is 0 Å². The van der Waals surface area contributed by atoms with Crippen LogP contribution >= 0.6 is 0 Å². The summed E-state index contributed by atoms with van der Waals surface area (Å²) in [5, 5.41) is 10.2. The van der Waals surface area contributed by atoms with Crippen LogP contribution in [0.25, 0.3) is 10.9 Å². The van der Waals surface area contributed by atoms with Gasteiger partial charge in [0.25, 0.3) is 5.91 Å². The number of fused-ring (bicyclic) bond motifs is 1. The molecule has 2 aromatic carbocycles. The number of para-hydroxylation sites is 1. The summed E-state index contributed by atoms with van der Waals surface area (Å²) < 4.78 is 6.86. The van der Waals surface area contributed by atoms with Crippen LogP contribution < -0.4 is 4.74 Å². The first kappa shape index (κ1) is 12.3. The normalized spacial score (nSPS) is 10.7. The fourth-order valence-corrected chi connectivity index (χ4v) is 2.22. The Kier molecular flexibility index (Phi) is 2.91. The van der Waals surface area contributed by atoms with Crippen LogP contribution in [0.3, 0.4) is 0 Å². The van der Waals surface area contributed by atoms with Crippen molar-refractivity contribution >= 4 is 16.8 Å². The molecule has 20 heavy (non-hydrogen) atoms. The van der Waals surface area contributed by atoms with Gasteiger partial charge in [0.15, 0.2) is 0 Å². The van der Waals surface area contributed by atoms with Gasteiger partial charge >= 0.3 is 0 Å². The molecule has 0 atom stereocenters. The van der Waals surface area contributed by atoms with Crippen LogP contribution in [0.4, 0.5) is 0 Å². The number of hydrogen-bond donors (Lipinski definition) is 1. The first-order valence-electron chi connectivity index (χ1n) is 6.18. The van der Waals surface area contributed by atoms with Crippen molar-refractivity contribution in [2.24, 2.45) is 0 Å². The standard InChI is InChI=1S/C16H13NO3/c1-20-15-10-17(14-5-3-2-4-13(14)15)16(19)11-6-8-12(18)9-7-11/h2-10,18H,1H3. The molecule has 0 aliphatic rings. The Morgan fingerprint density at radius 3 is 2.50 bits per heavy atom. The molecular formula is C16H13NO3. The van der Waals surface area contributed by atoms with Crippen molar-refractivity contribution in [1.82, 2.24) is 4.57 Å². The van der Waals surface area contributed by atoms with Crippen molar-refractivity contribution in [2.75, 3.05) is 7.11 Å². The number of nitrogens with zero attached hydrogens (tertiary/aromatic N) is 1. The highest BCUT2D eigenvalue weighted by Gasteiger charge is 2.15. The minimum atomic E-state index is -0.162. The lowest BCUT2D eigenvalue weighted by atomic mass is 10.2. The van der Waals surface area contributed by atoms with Crippen LogP contribution in [0.2, 0.25) is 0 Å². The topological polar surface area (TPSA) is 51.5 Å². The van der Waals surface area contributed by atoms with Crippen LogP contribution in [0.1, 0.15) is 10.4 Å². The number of carbonyl (C=O) groups is 1. The smallest absolute Gasteiger partial charge is 0.262 e. The van der Waals surface area contributed by atoms with Crippen molar-refractivity contribution in [1.29, 1.82) is 0 Å². The Bertz CT molecular complexity index is 772. The Balaban J connectivity index is 2.14. The predicted molar refractivity (Wildman–Crippen MR) is 76.3 cm³/mol. The lowest BCUT2D eigenvalue weighted by Gasteiger charge is -2.03. The molecule has 0 aliphatic carbocycles. The monoisotopic (exact) mass is 267 g/mol. The molecule has 4 heteroatoms. The Labute approximate surface area is 115 Å². The molecular weight excluding hydrogens is 254 g/mol. The number of rotatable bonds is 2. The zero-order valence-electron chi connectivity index (χ0n) is 10.9. The Morgan fingerprint density at radius 1 is 1.10 bits per heavy atom. The zero-order chi connectivity index (χ0) is 14.1. The fourth-order valence-electron chi connectivity index (χ4n) is 2.22. The van der Waals surface area contributed by atoms with Crippen LogP contribution in [0, 0.1) is 0 Å². The average molecular weight is 267 g/mol. The van der Waals surface area contributed by atoms with Gasteiger partial charge in [-0.1, -0.05) is 12.1 Å². The lowest BCUT2D eigenvalue weighted by molar-refractivity contribution is 0.0964. The molecule has 0 unspecified atom stereocenters. The summed E-state index contributed by atoms with van der Waals surface area (Å²) in [7, 11) is 1.58. The number of phenolic OH excluding ortho intramolecular Hbond substituents is 1. The van der Waals surface area contributed by atoms with E-state index in [2.05, 4.69) is 0 Å². The van der Waals surface area contributed by atoms with Gasteiger partial charge in [-0.25, -0.2) is 0 Å². The second-order valence-corrected chi connectivity index (χ2v) is 4.44. The molecule has 0 saturated heterocycles. The molecule has 3 rings (SSSR count). The van der Waals surface area contributed by atoms with E-state index in [0.717, 1.165) is 10.9 Å². The van der Waals surface area contributed by atoms with Crippen LogP contribution in [0.15, 0.2) is 54.7 Å². The van der Waals surface area contributed by atoms with E-state index in [1.165, 1.54) is 12.1 Å². The minimum Gasteiger partial charge on any atom is -0.508 e. The van der Waals surface area contributed by atoms with Gasteiger partial charge in [0.2, 0.25) is 0 Å². The fraction of sp³-hybridized carbons (Fsp3) is 0.0625. The minimum absolute atomic E-state index is 0.136. The van der Waals surface area contributed by atoms with Gasteiger partial charge in [-0.2, -0.15) is 0 Å². The van der Waals surface area contributed by atoms with Gasteiger partial charge in [0.1, 0.15) is 11.5 Å². The highest BCUT2D eigenvalue weighted by atomic mass is 16.5. The van der Waals surface area contributed by atoms with Gasteiger partial charge in [-0.3, -0.25) is 9.36 Å². The maximum absolute atomic E-state index is 12.5. The number of hydrogen-bond acceptors (Lipinski definition) is 3. The molecule has 1 heterocycles. The first-order chi connectivity index (χ1) is 9.70. The number of carbonyl (C=O) groups excluding carboxylic acids is 1. The molecule has 0 radical (unpaired) electrons. The van der Waals surface area contributed by atoms with E-state index in [1.807, 2.05) is 24.3 Å². The predicted octanol–water partition coefficient (Wildman–Crippen LogP) is 3.04. The number of ether oxygens (including phenoxy) is 1. The van der Waals surface area contributed by atoms with Crippen molar-refractivity contribution in [3.8, 4) is 11.5 Å². The zero-order valence-corrected chi connectivity index (χ0v) is 10.9. The van der Waals surface area contributed by atoms with Crippen LogP contribution in [0.5, 0.6) is 11.5 Å². The summed E-state index contributed by atoms with van der Waals surface area (Å²) >= 11 is 0. The largest absolute Gasteiger partial charge is 0.508 e. The summed E-state index contributed by atoms with van der Waals surface area (Å²) in [5.74, 6) is 0.633. The number of aromatic hydroxyl groups is 1. The molecule has 1 N–H and O–H groups in total. The van der Waals surface area contributed by atoms with E-state index in [4.69, 9.17) is 4.74 Å². The lowest BCUT2D eigenvalue weighted by Crippen LogP contribution is -2.10. The average Bonchev–Trinajstić information content (AvgIpc) is 2.86. The highest BCUT2D eigenvalue weighted by Crippen LogP contribution is 2.28. The van der Waals surface area contributed by atoms with Gasteiger partial charge in [0.05, 0.1) is 18.8 Å². The molecule has 4 nitrogen and oxygen atoms in total. The SMILES string of the molecule is COc1cn(C(=O)c2ccc(O)cc2)c2ccccc12. The second kappa shape index (κ2) is 4.74. The van der Waals surface area contributed by atoms with Crippen LogP contribution in [-0.4, -0.2) is 22.7 Å². The molecule has 0 amide bonds. The van der Waals surface area contributed by atoms with Crippen molar-refractivity contribution < 1.29 is 14.6 Å². The summed E-state index contributed by atoms with van der Waals surface area (Å²) in [5.41, 5.74) is 1.30. The summed E-state index contributed by atoms with van der Waals surface area (Å²) in [6.07, 6.45) is 1.68. The maximum Gasteiger partial charge on any atom is 0.262 e. The molecule has 100 valence electrons. The number of methoxy groups -OCH3 is 1. The molecule has 0 saturated carbocycles. The molecule has 0 aliphatic heterocycles. The van der Waals surface area contributed by atoms with E-state index >= 15 is 0 Å². The number of phenols is 1. The number of aromatic nitrogens is 1. The summed E-state index contributed by atoms with van der Waals surface area (Å²) in [6.45, 7) is 0. The van der Waals surface area contributed by atoms with Crippen LogP contribution in [-0.2, 0) is 0 Å². The Morgan fingerprint density at radius 2 is 1.80 bits per heavy atom. The van der Waals surface area contributed by atoms with E-state index in [-0.39, 0.29) is 11.7 Å². The van der Waals surface area contributed by atoms with Gasteiger partial charge < -0.3 is 9.84 Å². The van der Waals surface area contributed by atoms with E-state index < -0.39 is 0 Å². The Hall–Kier alpha value is -2.75. The molecule has 1 aromatic heterocycles. The van der Waals surface area contributed by atoms with Crippen molar-refractivity contribution in [3.63, 3.8) is 0 Å².